The van der Waals surface area contributed by atoms with Crippen molar-refractivity contribution in [3.63, 3.8) is 0 Å². The van der Waals surface area contributed by atoms with Gasteiger partial charge in [-0.05, 0) is 25.0 Å². The predicted octanol–water partition coefficient (Wildman–Crippen LogP) is 5.24. The van der Waals surface area contributed by atoms with E-state index in [9.17, 15) is 8.42 Å². The van der Waals surface area contributed by atoms with Crippen LogP contribution in [0, 0.1) is 0 Å². The van der Waals surface area contributed by atoms with Gasteiger partial charge in [0.05, 0.1) is 15.7 Å². The smallest absolute Gasteiger partial charge is 0.179 e. The van der Waals surface area contributed by atoms with E-state index in [0.29, 0.717) is 11.4 Å². The fourth-order valence-electron chi connectivity index (χ4n) is 2.08. The number of hydrogen-bond donors (Lipinski definition) is 0. The Hall–Kier alpha value is -0.0600. The van der Waals surface area contributed by atoms with Crippen molar-refractivity contribution >= 4 is 37.4 Å². The lowest BCUT2D eigenvalue weighted by atomic mass is 10.1. The van der Waals surface area contributed by atoms with Crippen molar-refractivity contribution in [1.82, 2.24) is 0 Å². The van der Waals surface area contributed by atoms with E-state index in [4.69, 9.17) is 11.6 Å². The molecule has 5 heteroatoms. The van der Waals surface area contributed by atoms with Crippen molar-refractivity contribution in [1.29, 1.82) is 0 Å². The zero-order chi connectivity index (χ0) is 14.8. The lowest BCUT2D eigenvalue weighted by molar-refractivity contribution is 0.579. The van der Waals surface area contributed by atoms with E-state index in [0.717, 1.165) is 18.2 Å². The van der Waals surface area contributed by atoms with Gasteiger partial charge in [-0.3, -0.25) is 0 Å². The highest BCUT2D eigenvalue weighted by Crippen LogP contribution is 2.22. The van der Waals surface area contributed by atoms with Crippen molar-refractivity contribution in [2.45, 2.75) is 49.8 Å². The van der Waals surface area contributed by atoms with Gasteiger partial charge in [-0.25, -0.2) is 8.42 Å². The average molecular weight is 382 g/mol. The highest BCUT2D eigenvalue weighted by atomic mass is 79.9. The number of benzene rings is 1. The Labute approximate surface area is 136 Å². The SMILES string of the molecule is O=S(=O)(CCCCCCCCCBr)c1ccccc1Cl. The molecule has 0 radical (unpaired) electrons. The van der Waals surface area contributed by atoms with Gasteiger partial charge in [0.25, 0.3) is 0 Å². The topological polar surface area (TPSA) is 34.1 Å². The minimum Gasteiger partial charge on any atom is -0.224 e. The first kappa shape index (κ1) is 18.0. The molecule has 1 rings (SSSR count). The molecule has 0 aromatic heterocycles. The third-order valence-electron chi connectivity index (χ3n) is 3.22. The number of unbranched alkanes of at least 4 members (excludes halogenated alkanes) is 6. The molecule has 0 saturated heterocycles. The van der Waals surface area contributed by atoms with Gasteiger partial charge in [0.15, 0.2) is 9.84 Å². The molecule has 1 aromatic carbocycles. The molecule has 114 valence electrons. The summed E-state index contributed by atoms with van der Waals surface area (Å²) in [7, 11) is -3.23. The molecule has 0 aliphatic heterocycles. The maximum atomic E-state index is 12.1. The minimum absolute atomic E-state index is 0.193. The summed E-state index contributed by atoms with van der Waals surface area (Å²) in [6, 6.07) is 6.66. The van der Waals surface area contributed by atoms with E-state index in [1.807, 2.05) is 0 Å². The molecule has 0 atom stereocenters. The summed E-state index contributed by atoms with van der Waals surface area (Å²) in [6.45, 7) is 0. The van der Waals surface area contributed by atoms with Crippen molar-refractivity contribution in [3.05, 3.63) is 29.3 Å². The molecular formula is C15H22BrClO2S. The number of sulfone groups is 1. The second-order valence-corrected chi connectivity index (χ2v) is 8.19. The molecule has 0 bridgehead atoms. The van der Waals surface area contributed by atoms with Crippen LogP contribution in [0.3, 0.4) is 0 Å². The molecule has 0 aliphatic carbocycles. The summed E-state index contributed by atoms with van der Waals surface area (Å²) in [5.41, 5.74) is 0. The van der Waals surface area contributed by atoms with Crippen molar-refractivity contribution in [2.75, 3.05) is 11.1 Å². The van der Waals surface area contributed by atoms with Gasteiger partial charge in [0.2, 0.25) is 0 Å². The van der Waals surface area contributed by atoms with Crippen LogP contribution in [-0.2, 0) is 9.84 Å². The molecular weight excluding hydrogens is 360 g/mol. The quantitative estimate of drug-likeness (QED) is 0.410. The second-order valence-electron chi connectivity index (χ2n) is 4.91. The first-order chi connectivity index (χ1) is 9.58. The molecule has 1 aromatic rings. The number of rotatable bonds is 10. The molecule has 0 fully saturated rings. The fourth-order valence-corrected chi connectivity index (χ4v) is 4.42. The molecule has 0 heterocycles. The molecule has 0 unspecified atom stereocenters. The van der Waals surface area contributed by atoms with Gasteiger partial charge >= 0.3 is 0 Å². The zero-order valence-electron chi connectivity index (χ0n) is 11.7. The van der Waals surface area contributed by atoms with Crippen molar-refractivity contribution in [2.24, 2.45) is 0 Å². The zero-order valence-corrected chi connectivity index (χ0v) is 14.8. The van der Waals surface area contributed by atoms with Crippen LogP contribution >= 0.6 is 27.5 Å². The molecule has 0 N–H and O–H groups in total. The van der Waals surface area contributed by atoms with E-state index >= 15 is 0 Å². The Balaban J connectivity index is 2.26. The first-order valence-electron chi connectivity index (χ1n) is 7.11. The first-order valence-corrected chi connectivity index (χ1v) is 10.3. The van der Waals surface area contributed by atoms with Crippen LogP contribution in [-0.4, -0.2) is 19.5 Å². The lowest BCUT2D eigenvalue weighted by Crippen LogP contribution is -2.07. The third kappa shape index (κ3) is 6.59. The van der Waals surface area contributed by atoms with Gasteiger partial charge in [-0.1, -0.05) is 71.8 Å². The molecule has 2 nitrogen and oxygen atoms in total. The van der Waals surface area contributed by atoms with Crippen LogP contribution in [0.1, 0.15) is 44.9 Å². The highest BCUT2D eigenvalue weighted by Gasteiger charge is 2.16. The summed E-state index contributed by atoms with van der Waals surface area (Å²) in [4.78, 5) is 0.263. The Kier molecular flexibility index (Phi) is 8.82. The number of alkyl halides is 1. The van der Waals surface area contributed by atoms with Gasteiger partial charge in [-0.2, -0.15) is 0 Å². The number of hydrogen-bond acceptors (Lipinski definition) is 2. The van der Waals surface area contributed by atoms with Crippen molar-refractivity contribution in [3.8, 4) is 0 Å². The summed E-state index contributed by atoms with van der Waals surface area (Å²) >= 11 is 9.35. The molecule has 0 spiro atoms. The third-order valence-corrected chi connectivity index (χ3v) is 6.07. The molecule has 0 amide bonds. The Morgan fingerprint density at radius 3 is 2.05 bits per heavy atom. The molecule has 0 saturated carbocycles. The van der Waals surface area contributed by atoms with Gasteiger partial charge in [0.1, 0.15) is 0 Å². The fraction of sp³-hybridized carbons (Fsp3) is 0.600. The van der Waals surface area contributed by atoms with Gasteiger partial charge in [-0.15, -0.1) is 0 Å². The maximum Gasteiger partial charge on any atom is 0.179 e. The van der Waals surface area contributed by atoms with Crippen LogP contribution in [0.5, 0.6) is 0 Å². The van der Waals surface area contributed by atoms with E-state index in [2.05, 4.69) is 15.9 Å². The van der Waals surface area contributed by atoms with Gasteiger partial charge < -0.3 is 0 Å². The van der Waals surface area contributed by atoms with E-state index in [1.54, 1.807) is 24.3 Å². The second kappa shape index (κ2) is 9.80. The maximum absolute atomic E-state index is 12.1. The van der Waals surface area contributed by atoms with E-state index in [1.165, 1.54) is 25.7 Å². The average Bonchev–Trinajstić information content (AvgIpc) is 2.42. The van der Waals surface area contributed by atoms with E-state index < -0.39 is 9.84 Å². The highest BCUT2D eigenvalue weighted by molar-refractivity contribution is 9.09. The summed E-state index contributed by atoms with van der Waals surface area (Å²) in [5, 5.41) is 1.39. The normalized spacial score (nSPS) is 11.7. The Bertz CT molecular complexity index is 488. The van der Waals surface area contributed by atoms with Crippen LogP contribution in [0.4, 0.5) is 0 Å². The Morgan fingerprint density at radius 1 is 0.900 bits per heavy atom. The number of halogens is 2. The van der Waals surface area contributed by atoms with Crippen LogP contribution in [0.15, 0.2) is 29.2 Å². The van der Waals surface area contributed by atoms with Crippen LogP contribution < -0.4 is 0 Å². The summed E-state index contributed by atoms with van der Waals surface area (Å²) < 4.78 is 24.3. The predicted molar refractivity (Wildman–Crippen MR) is 89.6 cm³/mol. The molecule has 20 heavy (non-hydrogen) atoms. The minimum atomic E-state index is -3.23. The lowest BCUT2D eigenvalue weighted by Gasteiger charge is -2.06. The monoisotopic (exact) mass is 380 g/mol. The molecule has 0 aliphatic rings. The summed E-state index contributed by atoms with van der Waals surface area (Å²) in [6.07, 6.45) is 7.70. The Morgan fingerprint density at radius 2 is 1.45 bits per heavy atom. The van der Waals surface area contributed by atoms with E-state index in [-0.39, 0.29) is 10.6 Å². The van der Waals surface area contributed by atoms with Crippen LogP contribution in [0.25, 0.3) is 0 Å². The van der Waals surface area contributed by atoms with Crippen molar-refractivity contribution < 1.29 is 8.42 Å². The van der Waals surface area contributed by atoms with Gasteiger partial charge in [0, 0.05) is 5.33 Å². The summed E-state index contributed by atoms with van der Waals surface area (Å²) in [5.74, 6) is 0.193. The van der Waals surface area contributed by atoms with Crippen LogP contribution in [0.2, 0.25) is 5.02 Å². The standard InChI is InChI=1S/C15H22BrClO2S/c16-12-8-4-2-1-3-5-9-13-20(18,19)15-11-7-6-10-14(15)17/h6-7,10-11H,1-5,8-9,12-13H2. The largest absolute Gasteiger partial charge is 0.224 e.